The molecule has 0 saturated carbocycles. The molecule has 30 heavy (non-hydrogen) atoms. The molecule has 0 fully saturated rings. The van der Waals surface area contributed by atoms with Crippen LogP contribution in [0.3, 0.4) is 0 Å². The molecule has 0 spiro atoms. The first-order valence-corrected chi connectivity index (χ1v) is 12.2. The molecule has 1 unspecified atom stereocenters. The van der Waals surface area contributed by atoms with Gasteiger partial charge in [0.2, 0.25) is 15.9 Å². The fourth-order valence-electron chi connectivity index (χ4n) is 3.82. The molecule has 0 radical (unpaired) electrons. The average molecular weight is 431 g/mol. The Morgan fingerprint density at radius 2 is 1.87 bits per heavy atom. The largest absolute Gasteiger partial charge is 0.494 e. The number of sulfonamides is 1. The van der Waals surface area contributed by atoms with E-state index in [-0.39, 0.29) is 18.5 Å². The Balaban J connectivity index is 1.72. The Kier molecular flexibility index (Phi) is 7.02. The van der Waals surface area contributed by atoms with Gasteiger partial charge in [0.15, 0.2) is 0 Å². The first-order valence-electron chi connectivity index (χ1n) is 10.4. The molecule has 3 rings (SSSR count). The van der Waals surface area contributed by atoms with Crippen LogP contribution in [0.2, 0.25) is 0 Å². The van der Waals surface area contributed by atoms with Crippen LogP contribution in [0.5, 0.6) is 5.75 Å². The van der Waals surface area contributed by atoms with Crippen LogP contribution >= 0.6 is 0 Å². The van der Waals surface area contributed by atoms with Crippen LogP contribution in [0.1, 0.15) is 49.4 Å². The molecule has 2 aromatic carbocycles. The van der Waals surface area contributed by atoms with Gasteiger partial charge in [-0.1, -0.05) is 24.3 Å². The maximum Gasteiger partial charge on any atom is 0.241 e. The normalized spacial score (nSPS) is 14.5. The van der Waals surface area contributed by atoms with Gasteiger partial charge in [-0.3, -0.25) is 9.10 Å². The summed E-state index contributed by atoms with van der Waals surface area (Å²) in [6.07, 6.45) is 5.70. The summed E-state index contributed by atoms with van der Waals surface area (Å²) >= 11 is 0. The second-order valence-corrected chi connectivity index (χ2v) is 9.63. The number of carbonyl (C=O) groups is 1. The second kappa shape index (κ2) is 9.51. The Bertz CT molecular complexity index is 1000. The smallest absolute Gasteiger partial charge is 0.241 e. The van der Waals surface area contributed by atoms with Crippen molar-refractivity contribution in [1.82, 2.24) is 5.32 Å². The van der Waals surface area contributed by atoms with Crippen LogP contribution in [-0.4, -0.2) is 33.7 Å². The lowest BCUT2D eigenvalue weighted by Gasteiger charge is -2.24. The number of rotatable bonds is 8. The van der Waals surface area contributed by atoms with Crippen molar-refractivity contribution in [2.45, 2.75) is 45.6 Å². The molecular weight excluding hydrogens is 400 g/mol. The first kappa shape index (κ1) is 22.2. The zero-order chi connectivity index (χ0) is 21.7. The maximum atomic E-state index is 12.7. The zero-order valence-corrected chi connectivity index (χ0v) is 18.7. The number of amides is 1. The topological polar surface area (TPSA) is 75.7 Å². The van der Waals surface area contributed by atoms with E-state index in [1.165, 1.54) is 24.0 Å². The van der Waals surface area contributed by atoms with Crippen molar-refractivity contribution < 1.29 is 17.9 Å². The van der Waals surface area contributed by atoms with Crippen molar-refractivity contribution in [3.05, 3.63) is 59.2 Å². The van der Waals surface area contributed by atoms with Crippen molar-refractivity contribution >= 4 is 21.6 Å². The highest BCUT2D eigenvalue weighted by Crippen LogP contribution is 2.26. The summed E-state index contributed by atoms with van der Waals surface area (Å²) in [5.41, 5.74) is 4.18. The monoisotopic (exact) mass is 430 g/mol. The van der Waals surface area contributed by atoms with E-state index in [0.29, 0.717) is 18.0 Å². The Morgan fingerprint density at radius 3 is 2.57 bits per heavy atom. The zero-order valence-electron chi connectivity index (χ0n) is 17.8. The number of carbonyl (C=O) groups excluding carboxylic acids is 1. The molecule has 0 aliphatic heterocycles. The molecule has 0 aromatic heterocycles. The highest BCUT2D eigenvalue weighted by Gasteiger charge is 2.22. The predicted octanol–water partition coefficient (Wildman–Crippen LogP) is 3.61. The summed E-state index contributed by atoms with van der Waals surface area (Å²) in [5, 5.41) is 2.94. The van der Waals surface area contributed by atoms with Crippen LogP contribution < -0.4 is 14.4 Å². The minimum atomic E-state index is -3.64. The Labute approximate surface area is 179 Å². The molecular formula is C23H30N2O4S. The van der Waals surface area contributed by atoms with E-state index in [2.05, 4.69) is 23.5 Å². The molecule has 1 aliphatic rings. The minimum absolute atomic E-state index is 0.208. The summed E-state index contributed by atoms with van der Waals surface area (Å²) < 4.78 is 31.3. The van der Waals surface area contributed by atoms with E-state index >= 15 is 0 Å². The molecule has 7 heteroatoms. The van der Waals surface area contributed by atoms with Crippen molar-refractivity contribution in [2.75, 3.05) is 23.7 Å². The summed E-state index contributed by atoms with van der Waals surface area (Å²) in [7, 11) is -3.64. The lowest BCUT2D eigenvalue weighted by molar-refractivity contribution is -0.120. The molecule has 1 N–H and O–H groups in total. The average Bonchev–Trinajstić information content (AvgIpc) is 2.71. The number of fused-ring (bicyclic) bond motifs is 1. The number of aryl methyl sites for hydroxylation is 2. The van der Waals surface area contributed by atoms with Crippen molar-refractivity contribution in [3.63, 3.8) is 0 Å². The summed E-state index contributed by atoms with van der Waals surface area (Å²) in [4.78, 5) is 12.7. The summed E-state index contributed by atoms with van der Waals surface area (Å²) in [5.74, 6) is 0.207. The first-order chi connectivity index (χ1) is 14.3. The van der Waals surface area contributed by atoms with Crippen LogP contribution in [0.4, 0.5) is 5.69 Å². The van der Waals surface area contributed by atoms with Crippen LogP contribution in [0, 0.1) is 0 Å². The molecule has 162 valence electrons. The number of nitrogens with zero attached hydrogens (tertiary/aromatic N) is 1. The minimum Gasteiger partial charge on any atom is -0.494 e. The molecule has 0 heterocycles. The molecule has 0 saturated heterocycles. The van der Waals surface area contributed by atoms with Gasteiger partial charge in [0.05, 0.1) is 24.6 Å². The van der Waals surface area contributed by atoms with Crippen LogP contribution in [-0.2, 0) is 27.7 Å². The van der Waals surface area contributed by atoms with Gasteiger partial charge >= 0.3 is 0 Å². The van der Waals surface area contributed by atoms with E-state index < -0.39 is 10.0 Å². The number of hydrogen-bond donors (Lipinski definition) is 1. The van der Waals surface area contributed by atoms with Gasteiger partial charge in [0, 0.05) is 6.07 Å². The quantitative estimate of drug-likeness (QED) is 0.694. The van der Waals surface area contributed by atoms with Crippen molar-refractivity contribution in [1.29, 1.82) is 0 Å². The Hall–Kier alpha value is -2.54. The number of benzene rings is 2. The fourth-order valence-corrected chi connectivity index (χ4v) is 4.67. The number of ether oxygens (including phenoxy) is 1. The lowest BCUT2D eigenvalue weighted by atomic mass is 9.89. The van der Waals surface area contributed by atoms with Gasteiger partial charge in [0.25, 0.3) is 0 Å². The van der Waals surface area contributed by atoms with Gasteiger partial charge in [0.1, 0.15) is 12.3 Å². The van der Waals surface area contributed by atoms with Gasteiger partial charge in [-0.05, 0) is 68.4 Å². The number of hydrogen-bond acceptors (Lipinski definition) is 4. The SMILES string of the molecule is CCOc1cccc(N(CC(=O)NC(C)c2ccc3c(c2)CCCC3)S(C)(=O)=O)c1. The van der Waals surface area contributed by atoms with Gasteiger partial charge < -0.3 is 10.1 Å². The molecule has 1 amide bonds. The van der Waals surface area contributed by atoms with E-state index in [1.54, 1.807) is 24.3 Å². The lowest BCUT2D eigenvalue weighted by Crippen LogP contribution is -2.41. The van der Waals surface area contributed by atoms with Crippen LogP contribution in [0.15, 0.2) is 42.5 Å². The highest BCUT2D eigenvalue weighted by molar-refractivity contribution is 7.92. The number of nitrogens with one attached hydrogen (secondary N) is 1. The molecule has 1 aliphatic carbocycles. The van der Waals surface area contributed by atoms with E-state index in [4.69, 9.17) is 4.74 Å². The summed E-state index contributed by atoms with van der Waals surface area (Å²) in [6, 6.07) is 12.9. The molecule has 2 aromatic rings. The van der Waals surface area contributed by atoms with Gasteiger partial charge in [-0.25, -0.2) is 8.42 Å². The van der Waals surface area contributed by atoms with Gasteiger partial charge in [-0.15, -0.1) is 0 Å². The number of anilines is 1. The second-order valence-electron chi connectivity index (χ2n) is 7.72. The molecule has 1 atom stereocenters. The van der Waals surface area contributed by atoms with E-state index in [1.807, 2.05) is 13.8 Å². The molecule has 0 bridgehead atoms. The van der Waals surface area contributed by atoms with Crippen molar-refractivity contribution in [3.8, 4) is 5.75 Å². The fraction of sp³-hybridized carbons (Fsp3) is 0.435. The van der Waals surface area contributed by atoms with Gasteiger partial charge in [-0.2, -0.15) is 0 Å². The third kappa shape index (κ3) is 5.53. The molecule has 6 nitrogen and oxygen atoms in total. The van der Waals surface area contributed by atoms with Crippen LogP contribution in [0.25, 0.3) is 0 Å². The third-order valence-electron chi connectivity index (χ3n) is 5.35. The van der Waals surface area contributed by atoms with Crippen molar-refractivity contribution in [2.24, 2.45) is 0 Å². The van der Waals surface area contributed by atoms with E-state index in [0.717, 1.165) is 29.0 Å². The maximum absolute atomic E-state index is 12.7. The summed E-state index contributed by atoms with van der Waals surface area (Å²) in [6.45, 7) is 3.96. The van der Waals surface area contributed by atoms with E-state index in [9.17, 15) is 13.2 Å². The Morgan fingerprint density at radius 1 is 1.13 bits per heavy atom. The third-order valence-corrected chi connectivity index (χ3v) is 6.49. The predicted molar refractivity (Wildman–Crippen MR) is 119 cm³/mol. The standard InChI is InChI=1S/C23H30N2O4S/c1-4-29-22-11-7-10-21(15-22)25(30(3,27)28)16-23(26)24-17(2)19-13-12-18-8-5-6-9-20(18)14-19/h7,10-15,17H,4-6,8-9,16H2,1-3H3,(H,24,26). The highest BCUT2D eigenvalue weighted by atomic mass is 32.2.